The highest BCUT2D eigenvalue weighted by Gasteiger charge is 2.32. The molecule has 3 aromatic rings. The van der Waals surface area contributed by atoms with Gasteiger partial charge in [-0.25, -0.2) is 14.2 Å². The van der Waals surface area contributed by atoms with Crippen LogP contribution in [0, 0.1) is 5.82 Å². The standard InChI is InChI=1S/C21H21Cl2FN4O3/c1-11(17-14(22)5-6-15(24)18(17)23)31-16-7-12(8-26-19(16)25)13-9-27-28(10-13)21(2,3)20(29)30-4/h5-11H,1-4H3,(H2,25,26). The molecular weight excluding hydrogens is 446 g/mol. The van der Waals surface area contributed by atoms with E-state index in [1.807, 2.05) is 0 Å². The zero-order chi connectivity index (χ0) is 22.9. The van der Waals surface area contributed by atoms with Crippen LogP contribution in [0.5, 0.6) is 5.75 Å². The SMILES string of the molecule is COC(=O)C(C)(C)n1cc(-c2cnc(N)c(OC(C)c3c(Cl)ccc(F)c3Cl)c2)cn1. The Kier molecular flexibility index (Phi) is 6.43. The minimum atomic E-state index is -0.993. The fourth-order valence-electron chi connectivity index (χ4n) is 2.99. The molecule has 0 amide bonds. The summed E-state index contributed by atoms with van der Waals surface area (Å²) < 4.78 is 26.1. The van der Waals surface area contributed by atoms with Crippen LogP contribution >= 0.6 is 23.2 Å². The molecule has 7 nitrogen and oxygen atoms in total. The third kappa shape index (κ3) is 4.45. The number of nitrogen functional groups attached to an aromatic ring is 1. The number of esters is 1. The summed E-state index contributed by atoms with van der Waals surface area (Å²) in [5, 5.41) is 4.42. The number of hydrogen-bond donors (Lipinski definition) is 1. The summed E-state index contributed by atoms with van der Waals surface area (Å²) in [6.45, 7) is 5.06. The average molecular weight is 467 g/mol. The van der Waals surface area contributed by atoms with E-state index in [4.69, 9.17) is 38.4 Å². The van der Waals surface area contributed by atoms with Crippen LogP contribution in [0.1, 0.15) is 32.4 Å². The van der Waals surface area contributed by atoms with E-state index in [0.29, 0.717) is 16.7 Å². The number of anilines is 1. The van der Waals surface area contributed by atoms with Crippen molar-refractivity contribution in [2.45, 2.75) is 32.4 Å². The first kappa shape index (κ1) is 22.8. The summed E-state index contributed by atoms with van der Waals surface area (Å²) in [5.41, 5.74) is 6.62. The van der Waals surface area contributed by atoms with Gasteiger partial charge in [0.25, 0.3) is 0 Å². The van der Waals surface area contributed by atoms with Crippen molar-refractivity contribution < 1.29 is 18.7 Å². The summed E-state index contributed by atoms with van der Waals surface area (Å²) in [6.07, 6.45) is 4.14. The minimum absolute atomic E-state index is 0.117. The van der Waals surface area contributed by atoms with E-state index >= 15 is 0 Å². The fourth-order valence-corrected chi connectivity index (χ4v) is 3.67. The lowest BCUT2D eigenvalue weighted by Gasteiger charge is -2.21. The van der Waals surface area contributed by atoms with Gasteiger partial charge in [0.1, 0.15) is 11.9 Å². The lowest BCUT2D eigenvalue weighted by Crippen LogP contribution is -2.37. The Morgan fingerprint density at radius 2 is 1.97 bits per heavy atom. The molecule has 10 heteroatoms. The number of ether oxygens (including phenoxy) is 2. The number of halogens is 3. The highest BCUT2D eigenvalue weighted by Crippen LogP contribution is 2.37. The van der Waals surface area contributed by atoms with Gasteiger partial charge >= 0.3 is 5.97 Å². The molecule has 3 rings (SSSR count). The van der Waals surface area contributed by atoms with Gasteiger partial charge in [0.15, 0.2) is 17.1 Å². The first-order chi connectivity index (χ1) is 14.6. The third-order valence-corrected chi connectivity index (χ3v) is 5.56. The van der Waals surface area contributed by atoms with E-state index in [9.17, 15) is 9.18 Å². The smallest absolute Gasteiger partial charge is 0.333 e. The van der Waals surface area contributed by atoms with Gasteiger partial charge in [0.2, 0.25) is 0 Å². The molecule has 0 fully saturated rings. The Balaban J connectivity index is 1.92. The number of aromatic nitrogens is 3. The van der Waals surface area contributed by atoms with Crippen molar-refractivity contribution in [1.82, 2.24) is 14.8 Å². The minimum Gasteiger partial charge on any atom is -0.482 e. The first-order valence-corrected chi connectivity index (χ1v) is 10.0. The highest BCUT2D eigenvalue weighted by molar-refractivity contribution is 6.36. The summed E-state index contributed by atoms with van der Waals surface area (Å²) in [5.74, 6) is -0.626. The summed E-state index contributed by atoms with van der Waals surface area (Å²) in [7, 11) is 1.32. The maximum absolute atomic E-state index is 13.9. The lowest BCUT2D eigenvalue weighted by atomic mass is 10.1. The van der Waals surface area contributed by atoms with Crippen molar-refractivity contribution in [1.29, 1.82) is 0 Å². The number of benzene rings is 1. The molecule has 31 heavy (non-hydrogen) atoms. The molecule has 0 aliphatic heterocycles. The molecule has 164 valence electrons. The number of nitrogens with two attached hydrogens (primary N) is 1. The molecule has 1 atom stereocenters. The maximum Gasteiger partial charge on any atom is 0.333 e. The van der Waals surface area contributed by atoms with Crippen molar-refractivity contribution in [2.24, 2.45) is 0 Å². The molecular formula is C21H21Cl2FN4O3. The normalized spacial score (nSPS) is 12.5. The Morgan fingerprint density at radius 3 is 2.65 bits per heavy atom. The van der Waals surface area contributed by atoms with Crippen LogP contribution in [-0.2, 0) is 15.1 Å². The molecule has 0 saturated heterocycles. The number of pyridine rings is 1. The maximum atomic E-state index is 13.9. The van der Waals surface area contributed by atoms with Crippen LogP contribution < -0.4 is 10.5 Å². The van der Waals surface area contributed by atoms with Crippen molar-refractivity contribution >= 4 is 35.0 Å². The molecule has 0 bridgehead atoms. The van der Waals surface area contributed by atoms with E-state index in [-0.39, 0.29) is 21.6 Å². The largest absolute Gasteiger partial charge is 0.482 e. The van der Waals surface area contributed by atoms with Crippen molar-refractivity contribution in [2.75, 3.05) is 12.8 Å². The molecule has 2 N–H and O–H groups in total. The molecule has 0 radical (unpaired) electrons. The van der Waals surface area contributed by atoms with Gasteiger partial charge in [0.05, 0.1) is 18.3 Å². The van der Waals surface area contributed by atoms with E-state index in [0.717, 1.165) is 0 Å². The number of nitrogens with zero attached hydrogens (tertiary/aromatic N) is 3. The van der Waals surface area contributed by atoms with Crippen LogP contribution in [0.25, 0.3) is 11.1 Å². The van der Waals surface area contributed by atoms with Gasteiger partial charge in [-0.1, -0.05) is 23.2 Å². The van der Waals surface area contributed by atoms with Gasteiger partial charge in [-0.05, 0) is 39.0 Å². The van der Waals surface area contributed by atoms with Crippen LogP contribution in [0.4, 0.5) is 10.2 Å². The van der Waals surface area contributed by atoms with Gasteiger partial charge in [0, 0.05) is 34.1 Å². The first-order valence-electron chi connectivity index (χ1n) is 9.25. The zero-order valence-corrected chi connectivity index (χ0v) is 18.8. The number of carbonyl (C=O) groups excluding carboxylic acids is 1. The van der Waals surface area contributed by atoms with Crippen molar-refractivity contribution in [3.8, 4) is 16.9 Å². The van der Waals surface area contributed by atoms with Gasteiger partial charge in [-0.2, -0.15) is 5.10 Å². The Morgan fingerprint density at radius 1 is 1.26 bits per heavy atom. The monoisotopic (exact) mass is 466 g/mol. The second kappa shape index (κ2) is 8.72. The molecule has 0 aliphatic carbocycles. The van der Waals surface area contributed by atoms with Crippen LogP contribution in [-0.4, -0.2) is 27.8 Å². The number of carbonyl (C=O) groups is 1. The van der Waals surface area contributed by atoms with Gasteiger partial charge in [-0.15, -0.1) is 0 Å². The molecule has 0 aliphatic rings. The third-order valence-electron chi connectivity index (χ3n) is 4.85. The lowest BCUT2D eigenvalue weighted by molar-refractivity contribution is -0.150. The van der Waals surface area contributed by atoms with Gasteiger partial charge in [-0.3, -0.25) is 4.68 Å². The Hall–Kier alpha value is -2.84. The number of rotatable bonds is 6. The van der Waals surface area contributed by atoms with Crippen LogP contribution in [0.2, 0.25) is 10.0 Å². The fraction of sp³-hybridized carbons (Fsp3) is 0.286. The van der Waals surface area contributed by atoms with Crippen LogP contribution in [0.3, 0.4) is 0 Å². The molecule has 0 spiro atoms. The van der Waals surface area contributed by atoms with Gasteiger partial charge < -0.3 is 15.2 Å². The molecule has 1 unspecified atom stereocenters. The molecule has 2 aromatic heterocycles. The average Bonchev–Trinajstić information content (AvgIpc) is 3.23. The highest BCUT2D eigenvalue weighted by atomic mass is 35.5. The van der Waals surface area contributed by atoms with Crippen molar-refractivity contribution in [3.63, 3.8) is 0 Å². The van der Waals surface area contributed by atoms with E-state index in [1.165, 1.54) is 23.9 Å². The van der Waals surface area contributed by atoms with Crippen LogP contribution in [0.15, 0.2) is 36.8 Å². The summed E-state index contributed by atoms with van der Waals surface area (Å²) >= 11 is 12.3. The Labute approximate surface area is 188 Å². The predicted octanol–water partition coefficient (Wildman–Crippen LogP) is 5.02. The number of hydrogen-bond acceptors (Lipinski definition) is 6. The Bertz CT molecular complexity index is 1130. The van der Waals surface area contributed by atoms with Crippen molar-refractivity contribution in [3.05, 3.63) is 58.2 Å². The second-order valence-corrected chi connectivity index (χ2v) is 8.13. The topological polar surface area (TPSA) is 92.3 Å². The number of methoxy groups -OCH3 is 1. The van der Waals surface area contributed by atoms with E-state index in [1.54, 1.807) is 45.4 Å². The molecule has 1 aromatic carbocycles. The summed E-state index contributed by atoms with van der Waals surface area (Å²) in [6, 6.07) is 4.27. The molecule has 0 saturated carbocycles. The van der Waals surface area contributed by atoms with E-state index in [2.05, 4.69) is 10.1 Å². The quantitative estimate of drug-likeness (QED) is 0.404. The second-order valence-electron chi connectivity index (χ2n) is 7.35. The van der Waals surface area contributed by atoms with E-state index < -0.39 is 23.4 Å². The molecule has 2 heterocycles. The summed E-state index contributed by atoms with van der Waals surface area (Å²) in [4.78, 5) is 16.2. The predicted molar refractivity (Wildman–Crippen MR) is 117 cm³/mol. The zero-order valence-electron chi connectivity index (χ0n) is 17.3.